The van der Waals surface area contributed by atoms with Crippen molar-refractivity contribution in [3.63, 3.8) is 0 Å². The third kappa shape index (κ3) is 4.61. The number of ether oxygens (including phenoxy) is 1. The van der Waals surface area contributed by atoms with Gasteiger partial charge in [0.05, 0.1) is 11.6 Å². The Bertz CT molecular complexity index is 644. The minimum atomic E-state index is -0.585. The summed E-state index contributed by atoms with van der Waals surface area (Å²) in [6.45, 7) is 3.69. The van der Waals surface area contributed by atoms with E-state index < -0.39 is 6.10 Å². The minimum Gasteiger partial charge on any atom is -0.481 e. The largest absolute Gasteiger partial charge is 0.481 e. The molecule has 0 fully saturated rings. The van der Waals surface area contributed by atoms with Gasteiger partial charge in [-0.2, -0.15) is 5.26 Å². The van der Waals surface area contributed by atoms with Crippen LogP contribution in [-0.4, -0.2) is 18.1 Å². The lowest BCUT2D eigenvalue weighted by molar-refractivity contribution is -0.127. The van der Waals surface area contributed by atoms with Gasteiger partial charge < -0.3 is 10.1 Å². The van der Waals surface area contributed by atoms with Crippen LogP contribution in [0, 0.1) is 11.3 Å². The highest BCUT2D eigenvalue weighted by molar-refractivity contribution is 7.09. The molecule has 0 saturated carbocycles. The Morgan fingerprint density at radius 3 is 2.64 bits per heavy atom. The molecule has 1 amide bonds. The average molecular weight is 314 g/mol. The van der Waals surface area contributed by atoms with E-state index in [1.54, 1.807) is 42.5 Å². The molecule has 5 heteroatoms. The van der Waals surface area contributed by atoms with E-state index in [1.165, 1.54) is 4.88 Å². The van der Waals surface area contributed by atoms with Crippen molar-refractivity contribution in [2.75, 3.05) is 0 Å². The Balaban J connectivity index is 1.84. The Hall–Kier alpha value is -2.32. The fraction of sp³-hybridized carbons (Fsp3) is 0.294. The van der Waals surface area contributed by atoms with Crippen molar-refractivity contribution in [2.24, 2.45) is 0 Å². The molecule has 0 aliphatic heterocycles. The van der Waals surface area contributed by atoms with Crippen LogP contribution in [0.3, 0.4) is 0 Å². The van der Waals surface area contributed by atoms with E-state index in [0.29, 0.717) is 11.3 Å². The second-order valence-corrected chi connectivity index (χ2v) is 6.12. The summed E-state index contributed by atoms with van der Waals surface area (Å²) in [5, 5.41) is 13.7. The number of nitrogens with zero attached hydrogens (tertiary/aromatic N) is 1. The average Bonchev–Trinajstić information content (AvgIpc) is 3.00. The molecule has 0 aliphatic carbocycles. The molecule has 1 N–H and O–H groups in total. The van der Waals surface area contributed by atoms with E-state index >= 15 is 0 Å². The Morgan fingerprint density at radius 2 is 2.05 bits per heavy atom. The molecular formula is C17H18N2O2S. The zero-order chi connectivity index (χ0) is 15.9. The molecule has 1 aromatic heterocycles. The molecule has 2 aromatic rings. The highest BCUT2D eigenvalue weighted by atomic mass is 32.1. The molecule has 4 nitrogen and oxygen atoms in total. The minimum absolute atomic E-state index is 0.0539. The highest BCUT2D eigenvalue weighted by Gasteiger charge is 2.17. The molecule has 0 bridgehead atoms. The molecule has 114 valence electrons. The summed E-state index contributed by atoms with van der Waals surface area (Å²) in [7, 11) is 0. The fourth-order valence-electron chi connectivity index (χ4n) is 2.01. The maximum absolute atomic E-state index is 12.1. The fourth-order valence-corrected chi connectivity index (χ4v) is 2.84. The second kappa shape index (κ2) is 7.62. The number of rotatable bonds is 6. The number of hydrogen-bond acceptors (Lipinski definition) is 4. The van der Waals surface area contributed by atoms with Crippen molar-refractivity contribution in [3.8, 4) is 11.8 Å². The topological polar surface area (TPSA) is 62.1 Å². The zero-order valence-corrected chi connectivity index (χ0v) is 13.4. The van der Waals surface area contributed by atoms with Gasteiger partial charge in [-0.1, -0.05) is 6.07 Å². The van der Waals surface area contributed by atoms with E-state index in [2.05, 4.69) is 11.4 Å². The van der Waals surface area contributed by atoms with Crippen LogP contribution in [0.5, 0.6) is 5.75 Å². The maximum Gasteiger partial charge on any atom is 0.260 e. The number of nitrogens with one attached hydrogen (secondary N) is 1. The number of carbonyl (C=O) groups excluding carboxylic acids is 1. The van der Waals surface area contributed by atoms with E-state index in [0.717, 1.165) is 6.42 Å². The maximum atomic E-state index is 12.1. The van der Waals surface area contributed by atoms with Crippen LogP contribution < -0.4 is 10.1 Å². The van der Waals surface area contributed by atoms with E-state index in [9.17, 15) is 4.79 Å². The quantitative estimate of drug-likeness (QED) is 0.891. The Kier molecular flexibility index (Phi) is 5.56. The standard InChI is InChI=1S/C17H18N2O2S/c1-12(10-16-4-3-9-22-16)19-17(20)13(2)21-15-7-5-14(11-18)6-8-15/h3-9,12-13H,10H2,1-2H3,(H,19,20). The molecular weight excluding hydrogens is 296 g/mol. The van der Waals surface area contributed by atoms with Crippen molar-refractivity contribution in [1.82, 2.24) is 5.32 Å². The first kappa shape index (κ1) is 16.1. The number of thiophene rings is 1. The van der Waals surface area contributed by atoms with Gasteiger partial charge >= 0.3 is 0 Å². The van der Waals surface area contributed by atoms with Crippen molar-refractivity contribution in [3.05, 3.63) is 52.2 Å². The highest BCUT2D eigenvalue weighted by Crippen LogP contribution is 2.14. The van der Waals surface area contributed by atoms with Crippen LogP contribution in [0.15, 0.2) is 41.8 Å². The molecule has 0 spiro atoms. The summed E-state index contributed by atoms with van der Waals surface area (Å²) in [5.41, 5.74) is 0.564. The molecule has 1 aromatic carbocycles. The van der Waals surface area contributed by atoms with Gasteiger partial charge in [0.2, 0.25) is 0 Å². The first-order valence-electron chi connectivity index (χ1n) is 7.08. The Labute approximate surface area is 134 Å². The molecule has 1 heterocycles. The predicted octanol–water partition coefficient (Wildman–Crippen LogP) is 3.13. The van der Waals surface area contributed by atoms with Gasteiger partial charge in [0.25, 0.3) is 5.91 Å². The van der Waals surface area contributed by atoms with Crippen molar-refractivity contribution < 1.29 is 9.53 Å². The summed E-state index contributed by atoms with van der Waals surface area (Å²) in [4.78, 5) is 13.4. The lowest BCUT2D eigenvalue weighted by Gasteiger charge is -2.18. The molecule has 0 radical (unpaired) electrons. The normalized spacial score (nSPS) is 13.0. The van der Waals surface area contributed by atoms with Crippen LogP contribution in [0.25, 0.3) is 0 Å². The smallest absolute Gasteiger partial charge is 0.260 e. The van der Waals surface area contributed by atoms with Gasteiger partial charge in [0.1, 0.15) is 5.75 Å². The van der Waals surface area contributed by atoms with Crippen molar-refractivity contribution in [1.29, 1.82) is 5.26 Å². The van der Waals surface area contributed by atoms with E-state index in [-0.39, 0.29) is 11.9 Å². The molecule has 0 saturated heterocycles. The third-order valence-electron chi connectivity index (χ3n) is 3.14. The number of benzene rings is 1. The molecule has 2 atom stereocenters. The summed E-state index contributed by atoms with van der Waals surface area (Å²) in [5.74, 6) is 0.431. The van der Waals surface area contributed by atoms with Crippen LogP contribution in [-0.2, 0) is 11.2 Å². The van der Waals surface area contributed by atoms with Gasteiger partial charge in [0, 0.05) is 17.3 Å². The summed E-state index contributed by atoms with van der Waals surface area (Å²) >= 11 is 1.68. The van der Waals surface area contributed by atoms with Crippen LogP contribution in [0.2, 0.25) is 0 Å². The van der Waals surface area contributed by atoms with Crippen molar-refractivity contribution in [2.45, 2.75) is 32.4 Å². The van der Waals surface area contributed by atoms with Gasteiger partial charge in [-0.05, 0) is 49.6 Å². The number of hydrogen-bond donors (Lipinski definition) is 1. The number of amides is 1. The molecule has 2 unspecified atom stereocenters. The van der Waals surface area contributed by atoms with Crippen LogP contribution in [0.1, 0.15) is 24.3 Å². The summed E-state index contributed by atoms with van der Waals surface area (Å²) in [6.07, 6.45) is 0.228. The monoisotopic (exact) mass is 314 g/mol. The van der Waals surface area contributed by atoms with Gasteiger partial charge in [-0.25, -0.2) is 0 Å². The second-order valence-electron chi connectivity index (χ2n) is 5.09. The number of nitriles is 1. The van der Waals surface area contributed by atoms with Crippen LogP contribution >= 0.6 is 11.3 Å². The van der Waals surface area contributed by atoms with E-state index in [4.69, 9.17) is 10.00 Å². The molecule has 0 aliphatic rings. The first-order valence-corrected chi connectivity index (χ1v) is 7.96. The SMILES string of the molecule is CC(Cc1cccs1)NC(=O)C(C)Oc1ccc(C#N)cc1. The first-order chi connectivity index (χ1) is 10.6. The molecule has 2 rings (SSSR count). The summed E-state index contributed by atoms with van der Waals surface area (Å²) in [6, 6.07) is 12.9. The lowest BCUT2D eigenvalue weighted by Crippen LogP contribution is -2.42. The summed E-state index contributed by atoms with van der Waals surface area (Å²) < 4.78 is 5.59. The van der Waals surface area contributed by atoms with Gasteiger partial charge in [0.15, 0.2) is 6.10 Å². The lowest BCUT2D eigenvalue weighted by atomic mass is 10.2. The number of carbonyl (C=O) groups is 1. The zero-order valence-electron chi connectivity index (χ0n) is 12.6. The third-order valence-corrected chi connectivity index (χ3v) is 4.04. The molecule has 22 heavy (non-hydrogen) atoms. The van der Waals surface area contributed by atoms with Crippen molar-refractivity contribution >= 4 is 17.2 Å². The van der Waals surface area contributed by atoms with Crippen LogP contribution in [0.4, 0.5) is 0 Å². The Morgan fingerprint density at radius 1 is 1.32 bits per heavy atom. The predicted molar refractivity (Wildman–Crippen MR) is 86.9 cm³/mol. The van der Waals surface area contributed by atoms with Gasteiger partial charge in [-0.15, -0.1) is 11.3 Å². The van der Waals surface area contributed by atoms with Gasteiger partial charge in [-0.3, -0.25) is 4.79 Å². The van der Waals surface area contributed by atoms with E-state index in [1.807, 2.05) is 24.4 Å².